The SMILES string of the molecule is CC(C)(C)c1cc(C(=O)NC(C(=O)O)c2ccc(Cl)c(F)c2)no1. The van der Waals surface area contributed by atoms with Crippen LogP contribution in [0.1, 0.15) is 48.6 Å². The Balaban J connectivity index is 2.24. The average molecular weight is 355 g/mol. The molecular formula is C16H16ClFN2O4. The molecule has 8 heteroatoms. The van der Waals surface area contributed by atoms with Crippen LogP contribution in [0, 0.1) is 5.82 Å². The number of amides is 1. The molecule has 2 rings (SSSR count). The van der Waals surface area contributed by atoms with Gasteiger partial charge in [-0.2, -0.15) is 0 Å². The van der Waals surface area contributed by atoms with E-state index in [9.17, 15) is 19.1 Å². The molecule has 1 heterocycles. The Morgan fingerprint density at radius 2 is 2.00 bits per heavy atom. The van der Waals surface area contributed by atoms with Crippen molar-refractivity contribution in [2.24, 2.45) is 0 Å². The van der Waals surface area contributed by atoms with Gasteiger partial charge < -0.3 is 14.9 Å². The van der Waals surface area contributed by atoms with E-state index in [1.807, 2.05) is 20.8 Å². The minimum absolute atomic E-state index is 0.0530. The lowest BCUT2D eigenvalue weighted by Gasteiger charge is -2.14. The molecule has 1 aromatic heterocycles. The minimum atomic E-state index is -1.45. The molecule has 6 nitrogen and oxygen atoms in total. The zero-order valence-electron chi connectivity index (χ0n) is 13.3. The number of hydrogen-bond donors (Lipinski definition) is 2. The van der Waals surface area contributed by atoms with E-state index in [1.165, 1.54) is 18.2 Å². The van der Waals surface area contributed by atoms with E-state index < -0.39 is 23.7 Å². The van der Waals surface area contributed by atoms with Gasteiger partial charge in [0.05, 0.1) is 5.02 Å². The van der Waals surface area contributed by atoms with Gasteiger partial charge in [-0.3, -0.25) is 4.79 Å². The maximum Gasteiger partial charge on any atom is 0.330 e. The highest BCUT2D eigenvalue weighted by atomic mass is 35.5. The number of aromatic nitrogens is 1. The minimum Gasteiger partial charge on any atom is -0.479 e. The Kier molecular flexibility index (Phi) is 4.94. The van der Waals surface area contributed by atoms with E-state index in [0.717, 1.165) is 6.07 Å². The van der Waals surface area contributed by atoms with E-state index in [-0.39, 0.29) is 21.7 Å². The van der Waals surface area contributed by atoms with E-state index in [2.05, 4.69) is 10.5 Å². The lowest BCUT2D eigenvalue weighted by atomic mass is 9.93. The summed E-state index contributed by atoms with van der Waals surface area (Å²) in [5, 5.41) is 15.1. The summed E-state index contributed by atoms with van der Waals surface area (Å²) in [5.74, 6) is -2.37. The van der Waals surface area contributed by atoms with Crippen LogP contribution < -0.4 is 5.32 Å². The van der Waals surface area contributed by atoms with Crippen LogP contribution in [0.2, 0.25) is 5.02 Å². The largest absolute Gasteiger partial charge is 0.479 e. The summed E-state index contributed by atoms with van der Waals surface area (Å²) in [6, 6.07) is 3.51. The molecule has 0 spiro atoms. The van der Waals surface area contributed by atoms with Gasteiger partial charge in [0.2, 0.25) is 0 Å². The number of rotatable bonds is 4. The third-order valence-electron chi connectivity index (χ3n) is 3.28. The normalized spacial score (nSPS) is 12.7. The number of carbonyl (C=O) groups excluding carboxylic acids is 1. The molecule has 2 N–H and O–H groups in total. The number of aliphatic carboxylic acids is 1. The summed E-state index contributed by atoms with van der Waals surface area (Å²) in [5.41, 5.74) is -0.352. The number of carbonyl (C=O) groups is 2. The van der Waals surface area contributed by atoms with Crippen molar-refractivity contribution >= 4 is 23.5 Å². The van der Waals surface area contributed by atoms with Gasteiger partial charge in [0, 0.05) is 11.5 Å². The molecule has 0 bridgehead atoms. The Hall–Kier alpha value is -2.41. The molecule has 0 fully saturated rings. The van der Waals surface area contributed by atoms with Crippen LogP contribution in [0.25, 0.3) is 0 Å². The average Bonchev–Trinajstić information content (AvgIpc) is 2.97. The van der Waals surface area contributed by atoms with Crippen LogP contribution in [0.15, 0.2) is 28.8 Å². The van der Waals surface area contributed by atoms with E-state index >= 15 is 0 Å². The lowest BCUT2D eigenvalue weighted by Crippen LogP contribution is -2.34. The Labute approximate surface area is 142 Å². The molecule has 0 radical (unpaired) electrons. The molecule has 0 aliphatic heterocycles. The molecule has 1 unspecified atom stereocenters. The quantitative estimate of drug-likeness (QED) is 0.878. The maximum atomic E-state index is 13.5. The van der Waals surface area contributed by atoms with Crippen molar-refractivity contribution in [3.63, 3.8) is 0 Å². The lowest BCUT2D eigenvalue weighted by molar-refractivity contribution is -0.139. The zero-order valence-corrected chi connectivity index (χ0v) is 14.0. The maximum absolute atomic E-state index is 13.5. The fraction of sp³-hybridized carbons (Fsp3) is 0.312. The van der Waals surface area contributed by atoms with Crippen molar-refractivity contribution in [1.29, 1.82) is 0 Å². The van der Waals surface area contributed by atoms with E-state index in [0.29, 0.717) is 5.76 Å². The third-order valence-corrected chi connectivity index (χ3v) is 3.59. The van der Waals surface area contributed by atoms with Gasteiger partial charge in [-0.05, 0) is 17.7 Å². The predicted octanol–water partition coefficient (Wildman–Crippen LogP) is 3.32. The second-order valence-corrected chi connectivity index (χ2v) is 6.65. The van der Waals surface area contributed by atoms with Gasteiger partial charge in [0.15, 0.2) is 11.7 Å². The highest BCUT2D eigenvalue weighted by Gasteiger charge is 2.27. The van der Waals surface area contributed by atoms with Crippen LogP contribution in [0.3, 0.4) is 0 Å². The van der Waals surface area contributed by atoms with Crippen molar-refractivity contribution in [1.82, 2.24) is 10.5 Å². The molecule has 0 saturated carbocycles. The van der Waals surface area contributed by atoms with Crippen molar-refractivity contribution in [2.45, 2.75) is 32.2 Å². The Morgan fingerprint density at radius 3 is 2.50 bits per heavy atom. The van der Waals surface area contributed by atoms with Gasteiger partial charge in [0.1, 0.15) is 11.6 Å². The number of nitrogens with one attached hydrogen (secondary N) is 1. The number of carboxylic acid groups (broad SMARTS) is 1. The summed E-state index contributed by atoms with van der Waals surface area (Å²) in [6.07, 6.45) is 0. The first-order chi connectivity index (χ1) is 11.1. The van der Waals surface area contributed by atoms with Crippen LogP contribution in [-0.2, 0) is 10.2 Å². The Bertz CT molecular complexity index is 783. The third kappa shape index (κ3) is 3.91. The Morgan fingerprint density at radius 1 is 1.33 bits per heavy atom. The highest BCUT2D eigenvalue weighted by molar-refractivity contribution is 6.30. The van der Waals surface area contributed by atoms with Crippen molar-refractivity contribution < 1.29 is 23.6 Å². The molecule has 1 atom stereocenters. The van der Waals surface area contributed by atoms with Crippen molar-refractivity contribution in [2.75, 3.05) is 0 Å². The van der Waals surface area contributed by atoms with E-state index in [4.69, 9.17) is 16.1 Å². The van der Waals surface area contributed by atoms with Crippen molar-refractivity contribution in [3.8, 4) is 0 Å². The number of benzene rings is 1. The summed E-state index contributed by atoms with van der Waals surface area (Å²) in [4.78, 5) is 23.6. The van der Waals surface area contributed by atoms with E-state index in [1.54, 1.807) is 0 Å². The molecule has 0 saturated heterocycles. The smallest absolute Gasteiger partial charge is 0.330 e. The molecule has 0 aliphatic carbocycles. The zero-order chi connectivity index (χ0) is 18.1. The molecular weight excluding hydrogens is 339 g/mol. The number of carboxylic acids is 1. The van der Waals surface area contributed by atoms with Gasteiger partial charge in [-0.15, -0.1) is 0 Å². The van der Waals surface area contributed by atoms with Gasteiger partial charge in [0.25, 0.3) is 5.91 Å². The predicted molar refractivity (Wildman–Crippen MR) is 84.5 cm³/mol. The van der Waals surface area contributed by atoms with Crippen molar-refractivity contribution in [3.05, 3.63) is 52.1 Å². The summed E-state index contributed by atoms with van der Waals surface area (Å²) in [6.45, 7) is 5.64. The molecule has 2 aromatic rings. The second kappa shape index (κ2) is 6.60. The molecule has 0 aliphatic rings. The molecule has 1 amide bonds. The number of hydrogen-bond acceptors (Lipinski definition) is 4. The van der Waals surface area contributed by atoms with Gasteiger partial charge in [-0.1, -0.05) is 43.6 Å². The first kappa shape index (κ1) is 17.9. The summed E-state index contributed by atoms with van der Waals surface area (Å²) in [7, 11) is 0. The second-order valence-electron chi connectivity index (χ2n) is 6.24. The molecule has 128 valence electrons. The number of halogens is 2. The van der Waals surface area contributed by atoms with Crippen LogP contribution in [0.4, 0.5) is 4.39 Å². The highest BCUT2D eigenvalue weighted by Crippen LogP contribution is 2.24. The molecule has 24 heavy (non-hydrogen) atoms. The van der Waals surface area contributed by atoms with Crippen LogP contribution >= 0.6 is 11.6 Å². The first-order valence-electron chi connectivity index (χ1n) is 7.05. The van der Waals surface area contributed by atoms with Gasteiger partial charge >= 0.3 is 5.97 Å². The van der Waals surface area contributed by atoms with Gasteiger partial charge in [-0.25, -0.2) is 9.18 Å². The first-order valence-corrected chi connectivity index (χ1v) is 7.43. The standard InChI is InChI=1S/C16H16ClFN2O4/c1-16(2,3)12-7-11(20-24-12)14(21)19-13(15(22)23)8-4-5-9(17)10(18)6-8/h4-7,13H,1-3H3,(H,19,21)(H,22,23). The topological polar surface area (TPSA) is 92.4 Å². The fourth-order valence-electron chi connectivity index (χ4n) is 1.92. The fourth-order valence-corrected chi connectivity index (χ4v) is 2.04. The van der Waals surface area contributed by atoms with Crippen LogP contribution in [0.5, 0.6) is 0 Å². The van der Waals surface area contributed by atoms with Crippen LogP contribution in [-0.4, -0.2) is 22.1 Å². The summed E-state index contributed by atoms with van der Waals surface area (Å²) < 4.78 is 18.6. The monoisotopic (exact) mass is 354 g/mol. The molecule has 1 aromatic carbocycles. The number of nitrogens with zero attached hydrogens (tertiary/aromatic N) is 1. The summed E-state index contributed by atoms with van der Waals surface area (Å²) >= 11 is 5.58.